The van der Waals surface area contributed by atoms with Crippen molar-refractivity contribution in [2.45, 2.75) is 39.0 Å². The van der Waals surface area contributed by atoms with Gasteiger partial charge in [-0.1, -0.05) is 17.7 Å². The van der Waals surface area contributed by atoms with Crippen LogP contribution < -0.4 is 20.4 Å². The Balaban J connectivity index is 1.29. The van der Waals surface area contributed by atoms with E-state index in [2.05, 4.69) is 80.7 Å². The van der Waals surface area contributed by atoms with E-state index in [0.29, 0.717) is 12.6 Å². The van der Waals surface area contributed by atoms with E-state index in [1.165, 1.54) is 16.8 Å². The van der Waals surface area contributed by atoms with E-state index < -0.39 is 0 Å². The number of ether oxygens (including phenoxy) is 1. The summed E-state index contributed by atoms with van der Waals surface area (Å²) < 4.78 is 5.65. The molecule has 0 radical (unpaired) electrons. The topological polar surface area (TPSA) is 65.0 Å². The maximum absolute atomic E-state index is 5.65. The second-order valence-corrected chi connectivity index (χ2v) is 8.49. The summed E-state index contributed by atoms with van der Waals surface area (Å²) in [6, 6.07) is 13.4. The lowest BCUT2D eigenvalue weighted by Crippen LogP contribution is -2.44. The fraction of sp³-hybridized carbons (Fsp3) is 0.500. The summed E-state index contributed by atoms with van der Waals surface area (Å²) in [4.78, 5) is 13.7. The number of morpholine rings is 1. The lowest BCUT2D eigenvalue weighted by Gasteiger charge is -2.32. The zero-order chi connectivity index (χ0) is 21.6. The molecule has 0 spiro atoms. The van der Waals surface area contributed by atoms with Crippen molar-refractivity contribution in [3.8, 4) is 0 Å². The number of guanidine groups is 1. The van der Waals surface area contributed by atoms with Crippen LogP contribution >= 0.6 is 0 Å². The third kappa shape index (κ3) is 5.67. The molecule has 1 aromatic heterocycles. The van der Waals surface area contributed by atoms with Crippen molar-refractivity contribution in [1.29, 1.82) is 0 Å². The number of nitrogens with one attached hydrogen (secondary N) is 2. The number of hydrogen-bond acceptors (Lipinski definition) is 5. The van der Waals surface area contributed by atoms with Gasteiger partial charge < -0.3 is 25.2 Å². The number of aliphatic imine (C=N–C) groups is 1. The van der Waals surface area contributed by atoms with Gasteiger partial charge in [-0.15, -0.1) is 0 Å². The molecule has 0 aliphatic carbocycles. The smallest absolute Gasteiger partial charge is 0.191 e. The van der Waals surface area contributed by atoms with E-state index in [1.54, 1.807) is 0 Å². The summed E-state index contributed by atoms with van der Waals surface area (Å²) in [7, 11) is 1.83. The minimum Gasteiger partial charge on any atom is -0.375 e. The zero-order valence-electron chi connectivity index (χ0n) is 18.8. The van der Waals surface area contributed by atoms with Crippen LogP contribution in [0.3, 0.4) is 0 Å². The van der Waals surface area contributed by atoms with E-state index in [9.17, 15) is 0 Å². The van der Waals surface area contributed by atoms with E-state index in [0.717, 1.165) is 51.0 Å². The molecular weight excluding hydrogens is 388 g/mol. The fourth-order valence-electron chi connectivity index (χ4n) is 4.21. The Kier molecular flexibility index (Phi) is 6.92. The van der Waals surface area contributed by atoms with Gasteiger partial charge in [0.25, 0.3) is 0 Å². The van der Waals surface area contributed by atoms with Gasteiger partial charge >= 0.3 is 0 Å². The Morgan fingerprint density at radius 2 is 2.00 bits per heavy atom. The molecule has 7 heteroatoms. The molecule has 2 unspecified atom stereocenters. The Labute approximate surface area is 185 Å². The number of aromatic nitrogens is 1. The van der Waals surface area contributed by atoms with Gasteiger partial charge in [-0.25, -0.2) is 4.98 Å². The first-order chi connectivity index (χ1) is 15.1. The number of benzene rings is 1. The highest BCUT2D eigenvalue weighted by atomic mass is 16.5. The van der Waals surface area contributed by atoms with Crippen LogP contribution in [0, 0.1) is 6.92 Å². The number of nitrogens with zero attached hydrogens (tertiary/aromatic N) is 4. The van der Waals surface area contributed by atoms with E-state index in [-0.39, 0.29) is 6.10 Å². The van der Waals surface area contributed by atoms with E-state index in [1.807, 2.05) is 13.2 Å². The number of aryl methyl sites for hydroxylation is 1. The molecule has 7 nitrogen and oxygen atoms in total. The summed E-state index contributed by atoms with van der Waals surface area (Å²) in [6.07, 6.45) is 3.23. The van der Waals surface area contributed by atoms with Gasteiger partial charge in [0.2, 0.25) is 0 Å². The van der Waals surface area contributed by atoms with Gasteiger partial charge in [0, 0.05) is 57.7 Å². The van der Waals surface area contributed by atoms with Crippen molar-refractivity contribution in [2.24, 2.45) is 4.99 Å². The minimum atomic E-state index is 0.242. The number of hydrogen-bond donors (Lipinski definition) is 2. The fourth-order valence-corrected chi connectivity index (χ4v) is 4.21. The van der Waals surface area contributed by atoms with Gasteiger partial charge in [0.15, 0.2) is 5.96 Å². The van der Waals surface area contributed by atoms with Crippen molar-refractivity contribution in [3.63, 3.8) is 0 Å². The van der Waals surface area contributed by atoms with Crippen LogP contribution in [0.4, 0.5) is 11.5 Å². The third-order valence-corrected chi connectivity index (χ3v) is 5.99. The summed E-state index contributed by atoms with van der Waals surface area (Å²) >= 11 is 0. The van der Waals surface area contributed by atoms with Crippen LogP contribution in [0.2, 0.25) is 0 Å². The predicted molar refractivity (Wildman–Crippen MR) is 127 cm³/mol. The first-order valence-corrected chi connectivity index (χ1v) is 11.2. The lowest BCUT2D eigenvalue weighted by molar-refractivity contribution is 0.0529. The second-order valence-electron chi connectivity index (χ2n) is 8.49. The molecule has 2 atom stereocenters. The highest BCUT2D eigenvalue weighted by Crippen LogP contribution is 2.21. The summed E-state index contributed by atoms with van der Waals surface area (Å²) in [5.41, 5.74) is 3.78. The molecule has 2 saturated heterocycles. The predicted octanol–water partition coefficient (Wildman–Crippen LogP) is 2.56. The monoisotopic (exact) mass is 422 g/mol. The van der Waals surface area contributed by atoms with Crippen LogP contribution in [-0.4, -0.2) is 62.9 Å². The van der Waals surface area contributed by atoms with Crippen LogP contribution in [0.5, 0.6) is 0 Å². The Bertz CT molecular complexity index is 884. The number of pyridine rings is 1. The van der Waals surface area contributed by atoms with Crippen molar-refractivity contribution in [2.75, 3.05) is 49.6 Å². The average Bonchev–Trinajstić information content (AvgIpc) is 3.26. The summed E-state index contributed by atoms with van der Waals surface area (Å²) in [6.45, 7) is 9.51. The van der Waals surface area contributed by atoms with Gasteiger partial charge in [-0.3, -0.25) is 4.99 Å². The van der Waals surface area contributed by atoms with Gasteiger partial charge in [-0.2, -0.15) is 0 Å². The molecule has 2 N–H and O–H groups in total. The lowest BCUT2D eigenvalue weighted by atomic mass is 10.2. The van der Waals surface area contributed by atoms with Crippen molar-refractivity contribution in [1.82, 2.24) is 15.6 Å². The highest BCUT2D eigenvalue weighted by molar-refractivity contribution is 5.80. The first kappa shape index (κ1) is 21.4. The summed E-state index contributed by atoms with van der Waals surface area (Å²) in [5, 5.41) is 7.05. The molecule has 3 heterocycles. The number of anilines is 2. The largest absolute Gasteiger partial charge is 0.375 e. The first-order valence-electron chi connectivity index (χ1n) is 11.2. The second kappa shape index (κ2) is 10.0. The molecular formula is C24H34N6O. The normalized spacial score (nSPS) is 22.0. The molecule has 31 heavy (non-hydrogen) atoms. The quantitative estimate of drug-likeness (QED) is 0.570. The molecule has 1 aromatic carbocycles. The molecule has 166 valence electrons. The van der Waals surface area contributed by atoms with Crippen molar-refractivity contribution in [3.05, 3.63) is 53.7 Å². The van der Waals surface area contributed by atoms with Crippen molar-refractivity contribution >= 4 is 17.5 Å². The molecule has 0 saturated carbocycles. The standard InChI is InChI=1S/C24H34N6O/c1-18-4-6-22(7-5-18)29-11-9-21(17-29)28-24(25-3)27-15-20-8-10-26-23(14-20)30-12-13-31-19(2)16-30/h4-8,10,14,19,21H,9,11-13,15-17H2,1-3H3,(H2,25,27,28). The Hall–Kier alpha value is -2.80. The molecule has 2 aliphatic rings. The van der Waals surface area contributed by atoms with Crippen LogP contribution in [0.25, 0.3) is 0 Å². The van der Waals surface area contributed by atoms with Crippen molar-refractivity contribution < 1.29 is 4.74 Å². The summed E-state index contributed by atoms with van der Waals surface area (Å²) in [5.74, 6) is 1.86. The van der Waals surface area contributed by atoms with Gasteiger partial charge in [0.05, 0.1) is 12.7 Å². The zero-order valence-corrected chi connectivity index (χ0v) is 18.8. The molecule has 2 fully saturated rings. The van der Waals surface area contributed by atoms with Gasteiger partial charge in [-0.05, 0) is 50.1 Å². The van der Waals surface area contributed by atoms with E-state index in [4.69, 9.17) is 4.74 Å². The average molecular weight is 423 g/mol. The highest BCUT2D eigenvalue weighted by Gasteiger charge is 2.23. The SMILES string of the molecule is CN=C(NCc1ccnc(N2CCOC(C)C2)c1)NC1CCN(c2ccc(C)cc2)C1. The Morgan fingerprint density at radius 1 is 1.16 bits per heavy atom. The molecule has 2 aromatic rings. The molecule has 2 aliphatic heterocycles. The van der Waals surface area contributed by atoms with Crippen LogP contribution in [0.1, 0.15) is 24.5 Å². The van der Waals surface area contributed by atoms with Crippen LogP contribution in [0.15, 0.2) is 47.6 Å². The van der Waals surface area contributed by atoms with Crippen LogP contribution in [-0.2, 0) is 11.3 Å². The van der Waals surface area contributed by atoms with E-state index >= 15 is 0 Å². The molecule has 4 rings (SSSR count). The van der Waals surface area contributed by atoms with Gasteiger partial charge in [0.1, 0.15) is 5.82 Å². The Morgan fingerprint density at radius 3 is 2.77 bits per heavy atom. The third-order valence-electron chi connectivity index (χ3n) is 5.99. The maximum Gasteiger partial charge on any atom is 0.191 e. The molecule has 0 bridgehead atoms. The maximum atomic E-state index is 5.65. The number of rotatable bonds is 5. The minimum absolute atomic E-state index is 0.242. The molecule has 0 amide bonds.